The minimum absolute atomic E-state index is 0.265. The molecule has 1 saturated heterocycles. The first-order valence-electron chi connectivity index (χ1n) is 7.05. The van der Waals surface area contributed by atoms with Crippen LogP contribution in [-0.4, -0.2) is 33.0 Å². The van der Waals surface area contributed by atoms with Gasteiger partial charge in [-0.3, -0.25) is 4.40 Å². The zero-order chi connectivity index (χ0) is 14.3. The molecule has 5 nitrogen and oxygen atoms in total. The minimum atomic E-state index is -0.927. The Morgan fingerprint density at radius 2 is 2.15 bits per heavy atom. The predicted molar refractivity (Wildman–Crippen MR) is 77.4 cm³/mol. The number of aromatic nitrogens is 2. The standard InChI is InChI=1S/C15H19N3O2/c1-10-6-7-11(2)18(9-10)14-13(15(19)20)17-8-4-3-5-12(17)16-14/h3-5,8,10-11H,6-7,9H2,1-2H3,(H,19,20). The number of carboxylic acid groups (broad SMARTS) is 1. The molecule has 3 heterocycles. The van der Waals surface area contributed by atoms with Gasteiger partial charge in [0.05, 0.1) is 0 Å². The van der Waals surface area contributed by atoms with Gasteiger partial charge >= 0.3 is 5.97 Å². The number of fused-ring (bicyclic) bond motifs is 1. The molecule has 0 aliphatic carbocycles. The molecule has 20 heavy (non-hydrogen) atoms. The Balaban J connectivity index is 2.14. The van der Waals surface area contributed by atoms with E-state index < -0.39 is 5.97 Å². The van der Waals surface area contributed by atoms with Crippen LogP contribution in [0.25, 0.3) is 5.65 Å². The van der Waals surface area contributed by atoms with Gasteiger partial charge in [-0.25, -0.2) is 9.78 Å². The lowest BCUT2D eigenvalue weighted by Gasteiger charge is -2.37. The van der Waals surface area contributed by atoms with Gasteiger partial charge in [0.25, 0.3) is 0 Å². The summed E-state index contributed by atoms with van der Waals surface area (Å²) in [5.41, 5.74) is 0.951. The molecule has 1 N–H and O–H groups in total. The highest BCUT2D eigenvalue weighted by molar-refractivity contribution is 5.93. The van der Waals surface area contributed by atoms with Gasteiger partial charge in [0.1, 0.15) is 5.65 Å². The maximum atomic E-state index is 11.6. The van der Waals surface area contributed by atoms with E-state index in [0.717, 1.165) is 13.0 Å². The largest absolute Gasteiger partial charge is 0.476 e. The van der Waals surface area contributed by atoms with Crippen molar-refractivity contribution in [1.82, 2.24) is 9.38 Å². The lowest BCUT2D eigenvalue weighted by atomic mass is 9.95. The normalized spacial score (nSPS) is 23.2. The van der Waals surface area contributed by atoms with Crippen LogP contribution in [0.2, 0.25) is 0 Å². The van der Waals surface area contributed by atoms with Crippen molar-refractivity contribution in [2.24, 2.45) is 5.92 Å². The second-order valence-corrected chi connectivity index (χ2v) is 5.70. The number of hydrogen-bond donors (Lipinski definition) is 1. The van der Waals surface area contributed by atoms with Gasteiger partial charge in [0.2, 0.25) is 0 Å². The molecule has 1 aliphatic rings. The summed E-state index contributed by atoms with van der Waals surface area (Å²) in [6.45, 7) is 5.21. The topological polar surface area (TPSA) is 57.8 Å². The second kappa shape index (κ2) is 4.81. The van der Waals surface area contributed by atoms with E-state index in [1.165, 1.54) is 6.42 Å². The third-order valence-corrected chi connectivity index (χ3v) is 4.10. The third kappa shape index (κ3) is 2.03. The molecular weight excluding hydrogens is 254 g/mol. The summed E-state index contributed by atoms with van der Waals surface area (Å²) in [6.07, 6.45) is 4.02. The number of carbonyl (C=O) groups is 1. The average molecular weight is 273 g/mol. The summed E-state index contributed by atoms with van der Waals surface area (Å²) in [4.78, 5) is 18.3. The van der Waals surface area contributed by atoms with Crippen LogP contribution in [0.5, 0.6) is 0 Å². The van der Waals surface area contributed by atoms with E-state index in [0.29, 0.717) is 23.4 Å². The maximum absolute atomic E-state index is 11.6. The fourth-order valence-corrected chi connectivity index (χ4v) is 2.97. The van der Waals surface area contributed by atoms with E-state index in [9.17, 15) is 9.90 Å². The van der Waals surface area contributed by atoms with Crippen LogP contribution < -0.4 is 4.90 Å². The Kier molecular flexibility index (Phi) is 3.12. The summed E-state index contributed by atoms with van der Waals surface area (Å²) >= 11 is 0. The Morgan fingerprint density at radius 1 is 1.35 bits per heavy atom. The number of piperidine rings is 1. The molecule has 5 heteroatoms. The van der Waals surface area contributed by atoms with Crippen molar-refractivity contribution in [3.05, 3.63) is 30.1 Å². The zero-order valence-corrected chi connectivity index (χ0v) is 11.8. The first kappa shape index (κ1) is 13.0. The first-order chi connectivity index (χ1) is 9.58. The van der Waals surface area contributed by atoms with Gasteiger partial charge in [0.15, 0.2) is 11.5 Å². The van der Waals surface area contributed by atoms with E-state index in [-0.39, 0.29) is 5.69 Å². The number of carboxylic acids is 1. The Labute approximate surface area is 117 Å². The van der Waals surface area contributed by atoms with Crippen molar-refractivity contribution in [2.75, 3.05) is 11.4 Å². The lowest BCUT2D eigenvalue weighted by molar-refractivity contribution is 0.0690. The van der Waals surface area contributed by atoms with Crippen LogP contribution in [0.4, 0.5) is 5.82 Å². The third-order valence-electron chi connectivity index (χ3n) is 4.10. The van der Waals surface area contributed by atoms with Gasteiger partial charge in [-0.15, -0.1) is 0 Å². The Hall–Kier alpha value is -2.04. The number of nitrogens with zero attached hydrogens (tertiary/aromatic N) is 3. The highest BCUT2D eigenvalue weighted by atomic mass is 16.4. The molecule has 3 rings (SSSR count). The van der Waals surface area contributed by atoms with Crippen molar-refractivity contribution in [3.8, 4) is 0 Å². The summed E-state index contributed by atoms with van der Waals surface area (Å²) in [5, 5.41) is 9.55. The number of pyridine rings is 1. The van der Waals surface area contributed by atoms with Crippen LogP contribution in [0.1, 0.15) is 37.2 Å². The smallest absolute Gasteiger partial charge is 0.356 e. The van der Waals surface area contributed by atoms with Crippen LogP contribution in [0.15, 0.2) is 24.4 Å². The molecular formula is C15H19N3O2. The molecule has 0 radical (unpaired) electrons. The summed E-state index contributed by atoms with van der Waals surface area (Å²) in [7, 11) is 0. The molecule has 0 bridgehead atoms. The van der Waals surface area contributed by atoms with Gasteiger partial charge < -0.3 is 10.0 Å². The molecule has 2 atom stereocenters. The van der Waals surface area contributed by atoms with Crippen molar-refractivity contribution in [1.29, 1.82) is 0 Å². The number of rotatable bonds is 2. The van der Waals surface area contributed by atoms with Crippen LogP contribution in [0, 0.1) is 5.92 Å². The van der Waals surface area contributed by atoms with Crippen molar-refractivity contribution < 1.29 is 9.90 Å². The second-order valence-electron chi connectivity index (χ2n) is 5.70. The summed E-state index contributed by atoms with van der Waals surface area (Å²) in [6, 6.07) is 5.87. The molecule has 2 aromatic heterocycles. The van der Waals surface area contributed by atoms with E-state index >= 15 is 0 Å². The van der Waals surface area contributed by atoms with Crippen molar-refractivity contribution in [2.45, 2.75) is 32.7 Å². The predicted octanol–water partition coefficient (Wildman–Crippen LogP) is 2.66. The summed E-state index contributed by atoms with van der Waals surface area (Å²) < 4.78 is 1.66. The van der Waals surface area contributed by atoms with E-state index in [2.05, 4.69) is 23.7 Å². The van der Waals surface area contributed by atoms with Gasteiger partial charge in [0, 0.05) is 18.8 Å². The Morgan fingerprint density at radius 3 is 2.90 bits per heavy atom. The van der Waals surface area contributed by atoms with Gasteiger partial charge in [-0.2, -0.15) is 0 Å². The number of aromatic carboxylic acids is 1. The quantitative estimate of drug-likeness (QED) is 0.914. The Bertz CT molecular complexity index is 650. The molecule has 0 saturated carbocycles. The average Bonchev–Trinajstić information content (AvgIpc) is 2.80. The first-order valence-corrected chi connectivity index (χ1v) is 7.05. The fourth-order valence-electron chi connectivity index (χ4n) is 2.97. The van der Waals surface area contributed by atoms with Crippen molar-refractivity contribution >= 4 is 17.4 Å². The van der Waals surface area contributed by atoms with Crippen LogP contribution in [-0.2, 0) is 0 Å². The summed E-state index contributed by atoms with van der Waals surface area (Å²) in [5.74, 6) is 0.240. The van der Waals surface area contributed by atoms with E-state index in [1.54, 1.807) is 10.6 Å². The monoisotopic (exact) mass is 273 g/mol. The fraction of sp³-hybridized carbons (Fsp3) is 0.467. The lowest BCUT2D eigenvalue weighted by Crippen LogP contribution is -2.42. The van der Waals surface area contributed by atoms with E-state index in [1.807, 2.05) is 18.2 Å². The molecule has 106 valence electrons. The molecule has 1 fully saturated rings. The highest BCUT2D eigenvalue weighted by Crippen LogP contribution is 2.30. The maximum Gasteiger partial charge on any atom is 0.356 e. The zero-order valence-electron chi connectivity index (χ0n) is 11.8. The van der Waals surface area contributed by atoms with Gasteiger partial charge in [-0.1, -0.05) is 13.0 Å². The van der Waals surface area contributed by atoms with Crippen LogP contribution >= 0.6 is 0 Å². The highest BCUT2D eigenvalue weighted by Gasteiger charge is 2.30. The number of hydrogen-bond acceptors (Lipinski definition) is 3. The number of imidazole rings is 1. The molecule has 1 aliphatic heterocycles. The molecule has 0 aromatic carbocycles. The molecule has 0 amide bonds. The minimum Gasteiger partial charge on any atom is -0.476 e. The van der Waals surface area contributed by atoms with Crippen molar-refractivity contribution in [3.63, 3.8) is 0 Å². The van der Waals surface area contributed by atoms with Gasteiger partial charge in [-0.05, 0) is 37.8 Å². The van der Waals surface area contributed by atoms with E-state index in [4.69, 9.17) is 0 Å². The van der Waals surface area contributed by atoms with Crippen LogP contribution in [0.3, 0.4) is 0 Å². The molecule has 2 unspecified atom stereocenters. The number of anilines is 1. The molecule has 2 aromatic rings. The molecule has 0 spiro atoms. The SMILES string of the molecule is CC1CCC(C)N(c2nc3ccccn3c2C(=O)O)C1.